The van der Waals surface area contributed by atoms with Gasteiger partial charge < -0.3 is 0 Å². The van der Waals surface area contributed by atoms with Crippen LogP contribution in [-0.2, 0) is 0 Å². The van der Waals surface area contributed by atoms with Crippen molar-refractivity contribution in [2.45, 2.75) is 0 Å². The molecule has 0 aliphatic heterocycles. The molecule has 1 N–H and O–H groups in total. The minimum absolute atomic E-state index is 0.557. The molecule has 0 aliphatic rings. The molecule has 0 aromatic carbocycles. The molecule has 64 valence electrons. The third-order valence-corrected chi connectivity index (χ3v) is 1.76. The topological polar surface area (TPSA) is 41.6 Å². The number of hydrogen-bond donors (Lipinski definition) is 2. The molecule has 2 aromatic rings. The van der Waals surface area contributed by atoms with Gasteiger partial charge in [0.15, 0.2) is 0 Å². The highest BCUT2D eigenvalue weighted by atomic mass is 32.1. The highest BCUT2D eigenvalue weighted by Crippen LogP contribution is 2.07. The van der Waals surface area contributed by atoms with Crippen LogP contribution in [0.5, 0.6) is 0 Å². The molecule has 0 aliphatic carbocycles. The highest BCUT2D eigenvalue weighted by molar-refractivity contribution is 7.80. The molecular formula is C9H7N3S. The number of aromatic nitrogens is 3. The Bertz CT molecular complexity index is 478. The van der Waals surface area contributed by atoms with E-state index in [-0.39, 0.29) is 0 Å². The zero-order chi connectivity index (χ0) is 9.10. The second-order valence-corrected chi connectivity index (χ2v) is 2.80. The number of fused-ring (bicyclic) bond motifs is 1. The molecule has 0 atom stereocenters. The van der Waals surface area contributed by atoms with E-state index in [9.17, 15) is 0 Å². The van der Waals surface area contributed by atoms with Gasteiger partial charge in [-0.2, -0.15) is 17.7 Å². The number of rotatable bonds is 0. The van der Waals surface area contributed by atoms with Crippen molar-refractivity contribution < 1.29 is 0 Å². The predicted octanol–water partition coefficient (Wildman–Crippen LogP) is 1.24. The van der Waals surface area contributed by atoms with Crippen LogP contribution >= 0.6 is 12.6 Å². The fourth-order valence-corrected chi connectivity index (χ4v) is 1.12. The van der Waals surface area contributed by atoms with Gasteiger partial charge in [-0.05, 0) is 6.07 Å². The lowest BCUT2D eigenvalue weighted by Crippen LogP contribution is -1.79. The maximum atomic E-state index is 4.17. The van der Waals surface area contributed by atoms with Gasteiger partial charge in [-0.3, -0.25) is 10.1 Å². The molecule has 0 amide bonds. The third kappa shape index (κ3) is 1.65. The van der Waals surface area contributed by atoms with Crippen molar-refractivity contribution in [2.24, 2.45) is 0 Å². The molecular weight excluding hydrogens is 182 g/mol. The fourth-order valence-electron chi connectivity index (χ4n) is 1.04. The Morgan fingerprint density at radius 3 is 3.23 bits per heavy atom. The zero-order valence-electron chi connectivity index (χ0n) is 6.78. The Hall–Kier alpha value is -1.47. The van der Waals surface area contributed by atoms with Gasteiger partial charge in [0.05, 0.1) is 17.5 Å². The molecule has 0 saturated heterocycles. The Kier molecular flexibility index (Phi) is 2.19. The summed E-state index contributed by atoms with van der Waals surface area (Å²) in [6, 6.07) is 1.92. The van der Waals surface area contributed by atoms with Gasteiger partial charge in [-0.15, -0.1) is 0 Å². The summed E-state index contributed by atoms with van der Waals surface area (Å²) in [4.78, 5) is 4.17. The van der Waals surface area contributed by atoms with Crippen LogP contribution in [0, 0.1) is 11.8 Å². The number of H-pyrrole nitrogens is 1. The van der Waals surface area contributed by atoms with Crippen LogP contribution in [-0.4, -0.2) is 20.9 Å². The van der Waals surface area contributed by atoms with E-state index >= 15 is 0 Å². The number of thiol groups is 1. The molecule has 2 heterocycles. The second kappa shape index (κ2) is 3.50. The van der Waals surface area contributed by atoms with E-state index in [1.54, 1.807) is 12.4 Å². The molecule has 0 saturated carbocycles. The van der Waals surface area contributed by atoms with E-state index in [4.69, 9.17) is 0 Å². The van der Waals surface area contributed by atoms with Crippen molar-refractivity contribution in [3.63, 3.8) is 0 Å². The largest absolute Gasteiger partial charge is 0.276 e. The average Bonchev–Trinajstić information content (AvgIpc) is 2.61. The number of aromatic amines is 1. The quantitative estimate of drug-likeness (QED) is 0.483. The monoisotopic (exact) mass is 189 g/mol. The first-order valence-corrected chi connectivity index (χ1v) is 4.42. The van der Waals surface area contributed by atoms with E-state index in [2.05, 4.69) is 39.7 Å². The number of pyridine rings is 1. The third-order valence-electron chi connectivity index (χ3n) is 1.60. The maximum Gasteiger partial charge on any atom is 0.108 e. The Morgan fingerprint density at radius 2 is 2.38 bits per heavy atom. The standard InChI is InChI=1S/C9H7N3S/c13-3-1-2-7-4-8-9(10-5-7)6-11-12-8/h4-6,13H,3H2,(H,11,12). The Balaban J connectivity index is 2.48. The minimum Gasteiger partial charge on any atom is -0.276 e. The zero-order valence-corrected chi connectivity index (χ0v) is 7.68. The first-order chi connectivity index (χ1) is 6.40. The van der Waals surface area contributed by atoms with Crippen molar-refractivity contribution in [1.82, 2.24) is 15.2 Å². The van der Waals surface area contributed by atoms with Crippen molar-refractivity contribution in [3.05, 3.63) is 24.0 Å². The molecule has 2 rings (SSSR count). The van der Waals surface area contributed by atoms with Crippen LogP contribution in [0.3, 0.4) is 0 Å². The summed E-state index contributed by atoms with van der Waals surface area (Å²) >= 11 is 4.00. The molecule has 0 radical (unpaired) electrons. The van der Waals surface area contributed by atoms with Crippen LogP contribution in [0.1, 0.15) is 5.56 Å². The Labute approximate surface area is 81.0 Å². The van der Waals surface area contributed by atoms with Crippen molar-refractivity contribution in [1.29, 1.82) is 0 Å². The summed E-state index contributed by atoms with van der Waals surface area (Å²) < 4.78 is 0. The van der Waals surface area contributed by atoms with Crippen molar-refractivity contribution in [2.75, 3.05) is 5.75 Å². The maximum absolute atomic E-state index is 4.17. The number of nitrogens with one attached hydrogen (secondary N) is 1. The summed E-state index contributed by atoms with van der Waals surface area (Å²) in [5.41, 5.74) is 2.65. The molecule has 3 nitrogen and oxygen atoms in total. The summed E-state index contributed by atoms with van der Waals surface area (Å²) in [5, 5.41) is 6.71. The summed E-state index contributed by atoms with van der Waals surface area (Å²) in [5.74, 6) is 6.36. The number of nitrogens with zero attached hydrogens (tertiary/aromatic N) is 2. The van der Waals surface area contributed by atoms with Gasteiger partial charge in [-0.25, -0.2) is 0 Å². The summed E-state index contributed by atoms with van der Waals surface area (Å²) in [7, 11) is 0. The van der Waals surface area contributed by atoms with Gasteiger partial charge in [0, 0.05) is 11.8 Å². The van der Waals surface area contributed by atoms with Crippen molar-refractivity contribution >= 4 is 23.7 Å². The van der Waals surface area contributed by atoms with E-state index < -0.39 is 0 Å². The molecule has 2 aromatic heterocycles. The normalized spacial score (nSPS) is 9.62. The second-order valence-electron chi connectivity index (χ2n) is 2.49. The smallest absolute Gasteiger partial charge is 0.108 e. The molecule has 0 spiro atoms. The van der Waals surface area contributed by atoms with Gasteiger partial charge >= 0.3 is 0 Å². The van der Waals surface area contributed by atoms with E-state index in [1.165, 1.54) is 0 Å². The first kappa shape index (κ1) is 8.14. The lowest BCUT2D eigenvalue weighted by atomic mass is 10.2. The summed E-state index contributed by atoms with van der Waals surface area (Å²) in [6.45, 7) is 0. The molecule has 4 heteroatoms. The van der Waals surface area contributed by atoms with Gasteiger partial charge in [0.2, 0.25) is 0 Å². The average molecular weight is 189 g/mol. The SMILES string of the molecule is SCC#Cc1cnc2cn[nH]c2c1. The van der Waals surface area contributed by atoms with E-state index in [0.717, 1.165) is 16.6 Å². The van der Waals surface area contributed by atoms with Crippen LogP contribution in [0.15, 0.2) is 18.5 Å². The fraction of sp³-hybridized carbons (Fsp3) is 0.111. The molecule has 0 unspecified atom stereocenters. The van der Waals surface area contributed by atoms with Crippen molar-refractivity contribution in [3.8, 4) is 11.8 Å². The highest BCUT2D eigenvalue weighted by Gasteiger charge is 1.95. The van der Waals surface area contributed by atoms with Crippen LogP contribution in [0.4, 0.5) is 0 Å². The van der Waals surface area contributed by atoms with Gasteiger partial charge in [0.1, 0.15) is 5.52 Å². The number of hydrogen-bond acceptors (Lipinski definition) is 3. The lowest BCUT2D eigenvalue weighted by molar-refractivity contribution is 1.12. The first-order valence-electron chi connectivity index (χ1n) is 3.79. The van der Waals surface area contributed by atoms with Crippen LogP contribution in [0.2, 0.25) is 0 Å². The van der Waals surface area contributed by atoms with Gasteiger partial charge in [0.25, 0.3) is 0 Å². The molecule has 0 fully saturated rings. The lowest BCUT2D eigenvalue weighted by Gasteiger charge is -1.89. The molecule has 13 heavy (non-hydrogen) atoms. The summed E-state index contributed by atoms with van der Waals surface area (Å²) in [6.07, 6.45) is 3.42. The van der Waals surface area contributed by atoms with E-state index in [1.807, 2.05) is 6.07 Å². The molecule has 0 bridgehead atoms. The van der Waals surface area contributed by atoms with Crippen LogP contribution in [0.25, 0.3) is 11.0 Å². The minimum atomic E-state index is 0.557. The van der Waals surface area contributed by atoms with Crippen LogP contribution < -0.4 is 0 Å². The predicted molar refractivity (Wildman–Crippen MR) is 54.6 cm³/mol. The van der Waals surface area contributed by atoms with Gasteiger partial charge in [-0.1, -0.05) is 11.8 Å². The Morgan fingerprint density at radius 1 is 1.46 bits per heavy atom. The van der Waals surface area contributed by atoms with E-state index in [0.29, 0.717) is 5.75 Å².